The van der Waals surface area contributed by atoms with Gasteiger partial charge in [-0.1, -0.05) is 0 Å². The lowest BCUT2D eigenvalue weighted by atomic mass is 10.2. The number of carbonyl (C=O) groups is 1. The Balaban J connectivity index is 1.46. The van der Waals surface area contributed by atoms with Gasteiger partial charge in [0.2, 0.25) is 5.88 Å². The maximum Gasteiger partial charge on any atom is 0.251 e. The Hall–Kier alpha value is -4.28. The van der Waals surface area contributed by atoms with Gasteiger partial charge in [-0.3, -0.25) is 4.79 Å². The lowest BCUT2D eigenvalue weighted by Crippen LogP contribution is -2.28. The molecular weight excluding hydrogens is 436 g/mol. The first-order valence-electron chi connectivity index (χ1n) is 9.81. The lowest BCUT2D eigenvalue weighted by molar-refractivity contribution is 0.0946. The molecule has 4 rings (SSSR count). The summed E-state index contributed by atoms with van der Waals surface area (Å²) in [6, 6.07) is 11.5. The highest BCUT2D eigenvalue weighted by molar-refractivity contribution is 5.94. The molecule has 0 saturated carbocycles. The Morgan fingerprint density at radius 1 is 1.00 bits per heavy atom. The zero-order valence-corrected chi connectivity index (χ0v) is 17.7. The van der Waals surface area contributed by atoms with E-state index in [0.717, 1.165) is 12.1 Å². The number of ether oxygens (including phenoxy) is 3. The van der Waals surface area contributed by atoms with Gasteiger partial charge in [0.1, 0.15) is 18.1 Å². The number of nitrogens with zero attached hydrogens (tertiary/aromatic N) is 4. The predicted molar refractivity (Wildman–Crippen MR) is 114 cm³/mol. The minimum absolute atomic E-state index is 0.00909. The van der Waals surface area contributed by atoms with E-state index < -0.39 is 17.5 Å². The van der Waals surface area contributed by atoms with Crippen LogP contribution in [-0.2, 0) is 0 Å². The summed E-state index contributed by atoms with van der Waals surface area (Å²) in [4.78, 5) is 12.1. The van der Waals surface area contributed by atoms with Crippen molar-refractivity contribution in [2.45, 2.75) is 0 Å². The standard InChI is InChI=1S/C22H19F2N5O4/c1-31-14-4-6-18(32-2)15(12-14)21-27-26-19-7-8-20(28-29(19)21)33-10-9-25-22(30)13-3-5-16(23)17(24)11-13/h3-8,11-12H,9-10H2,1-2H3,(H,25,30). The smallest absolute Gasteiger partial charge is 0.251 e. The Kier molecular flexibility index (Phi) is 6.29. The number of hydrogen-bond acceptors (Lipinski definition) is 7. The molecule has 0 aliphatic heterocycles. The van der Waals surface area contributed by atoms with Crippen LogP contribution in [0.4, 0.5) is 8.78 Å². The molecule has 1 amide bonds. The summed E-state index contributed by atoms with van der Waals surface area (Å²) >= 11 is 0. The van der Waals surface area contributed by atoms with Crippen LogP contribution >= 0.6 is 0 Å². The molecule has 0 aliphatic carbocycles. The second-order valence-corrected chi connectivity index (χ2v) is 6.76. The van der Waals surface area contributed by atoms with Crippen molar-refractivity contribution in [1.82, 2.24) is 25.1 Å². The third kappa shape index (κ3) is 4.66. The number of amides is 1. The molecule has 4 aromatic rings. The number of nitrogens with one attached hydrogen (secondary N) is 1. The van der Waals surface area contributed by atoms with E-state index in [2.05, 4.69) is 20.6 Å². The SMILES string of the molecule is COc1ccc(OC)c(-c2nnc3ccc(OCCNC(=O)c4ccc(F)c(F)c4)nn23)c1. The molecule has 0 fully saturated rings. The Labute approximate surface area is 186 Å². The van der Waals surface area contributed by atoms with Crippen LogP contribution < -0.4 is 19.5 Å². The molecule has 0 aliphatic rings. The van der Waals surface area contributed by atoms with Crippen LogP contribution in [0.15, 0.2) is 48.5 Å². The van der Waals surface area contributed by atoms with Crippen molar-refractivity contribution in [2.24, 2.45) is 0 Å². The van der Waals surface area contributed by atoms with Crippen molar-refractivity contribution < 1.29 is 27.8 Å². The molecule has 2 heterocycles. The largest absolute Gasteiger partial charge is 0.497 e. The van der Waals surface area contributed by atoms with Crippen molar-refractivity contribution >= 4 is 11.6 Å². The minimum atomic E-state index is -1.09. The van der Waals surface area contributed by atoms with Gasteiger partial charge in [0.05, 0.1) is 26.3 Å². The molecule has 0 saturated heterocycles. The zero-order valence-electron chi connectivity index (χ0n) is 17.7. The fourth-order valence-electron chi connectivity index (χ4n) is 3.07. The summed E-state index contributed by atoms with van der Waals surface area (Å²) in [6.07, 6.45) is 0. The Morgan fingerprint density at radius 2 is 1.85 bits per heavy atom. The fourth-order valence-corrected chi connectivity index (χ4v) is 3.07. The monoisotopic (exact) mass is 455 g/mol. The van der Waals surface area contributed by atoms with E-state index in [1.54, 1.807) is 44.6 Å². The molecule has 0 unspecified atom stereocenters. The third-order valence-electron chi connectivity index (χ3n) is 4.71. The highest BCUT2D eigenvalue weighted by Crippen LogP contribution is 2.32. The Morgan fingerprint density at radius 3 is 2.61 bits per heavy atom. The van der Waals surface area contributed by atoms with Crippen molar-refractivity contribution in [3.05, 3.63) is 65.7 Å². The molecule has 2 aromatic heterocycles. The molecule has 0 radical (unpaired) electrons. The maximum absolute atomic E-state index is 13.3. The van der Waals surface area contributed by atoms with Crippen molar-refractivity contribution in [2.75, 3.05) is 27.4 Å². The van der Waals surface area contributed by atoms with Gasteiger partial charge in [-0.15, -0.1) is 15.3 Å². The highest BCUT2D eigenvalue weighted by atomic mass is 19.2. The number of benzene rings is 2. The molecule has 0 bridgehead atoms. The van der Waals surface area contributed by atoms with Crippen LogP contribution in [0.25, 0.3) is 17.0 Å². The second-order valence-electron chi connectivity index (χ2n) is 6.76. The van der Waals surface area contributed by atoms with Crippen LogP contribution in [0.3, 0.4) is 0 Å². The van der Waals surface area contributed by atoms with Gasteiger partial charge >= 0.3 is 0 Å². The van der Waals surface area contributed by atoms with E-state index in [1.807, 2.05) is 0 Å². The van der Waals surface area contributed by atoms with Gasteiger partial charge in [-0.2, -0.15) is 4.52 Å². The van der Waals surface area contributed by atoms with Crippen molar-refractivity contribution in [3.63, 3.8) is 0 Å². The van der Waals surface area contributed by atoms with E-state index >= 15 is 0 Å². The first-order valence-corrected chi connectivity index (χ1v) is 9.81. The van der Waals surface area contributed by atoms with Gasteiger partial charge in [-0.05, 0) is 42.5 Å². The third-order valence-corrected chi connectivity index (χ3v) is 4.71. The van der Waals surface area contributed by atoms with Gasteiger partial charge in [-0.25, -0.2) is 8.78 Å². The topological polar surface area (TPSA) is 99.9 Å². The number of aromatic nitrogens is 4. The number of fused-ring (bicyclic) bond motifs is 1. The van der Waals surface area contributed by atoms with Crippen LogP contribution in [0.1, 0.15) is 10.4 Å². The molecule has 11 heteroatoms. The van der Waals surface area contributed by atoms with Crippen molar-refractivity contribution in [3.8, 4) is 28.8 Å². The fraction of sp³-hybridized carbons (Fsp3) is 0.182. The minimum Gasteiger partial charge on any atom is -0.497 e. The molecular formula is C22H19F2N5O4. The number of methoxy groups -OCH3 is 2. The maximum atomic E-state index is 13.3. The van der Waals surface area contributed by atoms with E-state index in [-0.39, 0.29) is 24.6 Å². The van der Waals surface area contributed by atoms with E-state index in [9.17, 15) is 13.6 Å². The first-order chi connectivity index (χ1) is 16.0. The summed E-state index contributed by atoms with van der Waals surface area (Å²) in [5.41, 5.74) is 1.14. The Bertz CT molecular complexity index is 1310. The summed E-state index contributed by atoms with van der Waals surface area (Å²) in [7, 11) is 3.11. The number of carbonyl (C=O) groups excluding carboxylic acids is 1. The van der Waals surface area contributed by atoms with E-state index in [0.29, 0.717) is 28.5 Å². The highest BCUT2D eigenvalue weighted by Gasteiger charge is 2.16. The summed E-state index contributed by atoms with van der Waals surface area (Å²) in [5.74, 6) is -0.771. The van der Waals surface area contributed by atoms with Gasteiger partial charge in [0, 0.05) is 11.6 Å². The van der Waals surface area contributed by atoms with Crippen molar-refractivity contribution in [1.29, 1.82) is 0 Å². The summed E-state index contributed by atoms with van der Waals surface area (Å²) < 4.78 is 44.1. The molecule has 0 spiro atoms. The molecule has 170 valence electrons. The average Bonchev–Trinajstić information content (AvgIpc) is 3.26. The molecule has 9 nitrogen and oxygen atoms in total. The normalized spacial score (nSPS) is 10.8. The van der Waals surface area contributed by atoms with E-state index in [1.165, 1.54) is 10.6 Å². The molecule has 2 aromatic carbocycles. The van der Waals surface area contributed by atoms with Gasteiger partial charge in [0.15, 0.2) is 23.1 Å². The summed E-state index contributed by atoms with van der Waals surface area (Å²) in [5, 5.41) is 15.3. The lowest BCUT2D eigenvalue weighted by Gasteiger charge is -2.10. The quantitative estimate of drug-likeness (QED) is 0.408. The van der Waals surface area contributed by atoms with Crippen LogP contribution in [-0.4, -0.2) is 53.1 Å². The van der Waals surface area contributed by atoms with Gasteiger partial charge in [0.25, 0.3) is 5.91 Å². The predicted octanol–water partition coefficient (Wildman–Crippen LogP) is 2.90. The van der Waals surface area contributed by atoms with Crippen LogP contribution in [0.2, 0.25) is 0 Å². The molecule has 33 heavy (non-hydrogen) atoms. The molecule has 1 N–H and O–H groups in total. The summed E-state index contributed by atoms with van der Waals surface area (Å²) in [6.45, 7) is 0.212. The van der Waals surface area contributed by atoms with Crippen LogP contribution in [0.5, 0.6) is 17.4 Å². The number of hydrogen-bond donors (Lipinski definition) is 1. The molecule has 0 atom stereocenters. The zero-order chi connectivity index (χ0) is 23.4. The average molecular weight is 455 g/mol. The van der Waals surface area contributed by atoms with Gasteiger partial charge < -0.3 is 19.5 Å². The second kappa shape index (κ2) is 9.47. The number of rotatable bonds is 8. The number of halogens is 2. The van der Waals surface area contributed by atoms with E-state index in [4.69, 9.17) is 14.2 Å². The first kappa shape index (κ1) is 21.9. The van der Waals surface area contributed by atoms with Crippen LogP contribution in [0, 0.1) is 11.6 Å².